The van der Waals surface area contributed by atoms with Crippen LogP contribution in [0.4, 0.5) is 0 Å². The van der Waals surface area contributed by atoms with Gasteiger partial charge in [-0.05, 0) is 0 Å². The number of rotatable bonds is 0. The SMILES string of the molecule is O=C1CSCC(=O)OCCCOC(=O)CSCC(=O)OCCCO1. The molecule has 0 atom stereocenters. The van der Waals surface area contributed by atoms with Gasteiger partial charge in [-0.15, -0.1) is 23.5 Å². The number of carbonyl (C=O) groups is 4. The molecule has 0 N–H and O–H groups in total. The summed E-state index contributed by atoms with van der Waals surface area (Å²) in [4.78, 5) is 45.6. The largest absolute Gasteiger partial charge is 0.465 e. The Morgan fingerprint density at radius 3 is 1.00 bits per heavy atom. The van der Waals surface area contributed by atoms with E-state index < -0.39 is 23.9 Å². The van der Waals surface area contributed by atoms with E-state index in [0.717, 1.165) is 23.5 Å². The Kier molecular flexibility index (Phi) is 11.1. The van der Waals surface area contributed by atoms with E-state index in [1.165, 1.54) is 0 Å². The van der Waals surface area contributed by atoms with Crippen molar-refractivity contribution in [1.29, 1.82) is 0 Å². The molecule has 10 heteroatoms. The summed E-state index contributed by atoms with van der Waals surface area (Å²) in [5.74, 6) is -1.56. The highest BCUT2D eigenvalue weighted by molar-refractivity contribution is 8.00. The van der Waals surface area contributed by atoms with Crippen LogP contribution in [0.2, 0.25) is 0 Å². The van der Waals surface area contributed by atoms with Gasteiger partial charge >= 0.3 is 23.9 Å². The standard InChI is InChI=1S/C14H20O8S2/c15-11-7-23-9-13(17)21-5-2-6-22-14(18)10-24-8-12(16)20-4-1-3-19-11/h1-10H2. The van der Waals surface area contributed by atoms with Crippen LogP contribution < -0.4 is 0 Å². The van der Waals surface area contributed by atoms with Crippen molar-refractivity contribution in [3.8, 4) is 0 Å². The van der Waals surface area contributed by atoms with Gasteiger partial charge in [0.25, 0.3) is 0 Å². The highest BCUT2D eigenvalue weighted by atomic mass is 32.2. The average Bonchev–Trinajstić information content (AvgIpc) is 2.53. The third-order valence-corrected chi connectivity index (χ3v) is 4.27. The monoisotopic (exact) mass is 380 g/mol. The second kappa shape index (κ2) is 12.9. The van der Waals surface area contributed by atoms with Gasteiger partial charge in [-0.3, -0.25) is 19.2 Å². The summed E-state index contributed by atoms with van der Waals surface area (Å²) in [6, 6.07) is 0. The zero-order valence-corrected chi connectivity index (χ0v) is 14.8. The van der Waals surface area contributed by atoms with Crippen molar-refractivity contribution in [3.05, 3.63) is 0 Å². The van der Waals surface area contributed by atoms with Crippen LogP contribution in [-0.4, -0.2) is 73.3 Å². The Morgan fingerprint density at radius 1 is 0.500 bits per heavy atom. The molecule has 24 heavy (non-hydrogen) atoms. The van der Waals surface area contributed by atoms with Crippen molar-refractivity contribution in [1.82, 2.24) is 0 Å². The third-order valence-electron chi connectivity index (χ3n) is 2.51. The maximum atomic E-state index is 11.4. The number of cyclic esters (lactones) is 4. The molecule has 136 valence electrons. The van der Waals surface area contributed by atoms with Gasteiger partial charge in [0, 0.05) is 12.8 Å². The smallest absolute Gasteiger partial charge is 0.315 e. The van der Waals surface area contributed by atoms with E-state index >= 15 is 0 Å². The second-order valence-electron chi connectivity index (χ2n) is 4.57. The van der Waals surface area contributed by atoms with Gasteiger partial charge in [0.15, 0.2) is 0 Å². The van der Waals surface area contributed by atoms with Crippen LogP contribution in [0, 0.1) is 0 Å². The number of hydrogen-bond acceptors (Lipinski definition) is 10. The number of ether oxygens (including phenoxy) is 4. The van der Waals surface area contributed by atoms with Crippen molar-refractivity contribution in [2.45, 2.75) is 12.8 Å². The maximum Gasteiger partial charge on any atom is 0.315 e. The summed E-state index contributed by atoms with van der Waals surface area (Å²) in [6.07, 6.45) is 0.772. The molecule has 0 bridgehead atoms. The lowest BCUT2D eigenvalue weighted by molar-refractivity contribution is -0.144. The van der Waals surface area contributed by atoms with Gasteiger partial charge in [-0.1, -0.05) is 0 Å². The van der Waals surface area contributed by atoms with Crippen molar-refractivity contribution < 1.29 is 38.1 Å². The molecule has 8 nitrogen and oxygen atoms in total. The zero-order chi connectivity index (χ0) is 17.6. The van der Waals surface area contributed by atoms with Crippen LogP contribution in [0.5, 0.6) is 0 Å². The van der Waals surface area contributed by atoms with Crippen LogP contribution in [0.3, 0.4) is 0 Å². The summed E-state index contributed by atoms with van der Waals surface area (Å²) in [7, 11) is 0. The van der Waals surface area contributed by atoms with Crippen LogP contribution in [0.1, 0.15) is 12.8 Å². The minimum Gasteiger partial charge on any atom is -0.465 e. The topological polar surface area (TPSA) is 105 Å². The normalized spacial score (nSPS) is 21.0. The molecule has 1 fully saturated rings. The van der Waals surface area contributed by atoms with E-state index in [0.29, 0.717) is 12.8 Å². The first-order chi connectivity index (χ1) is 11.6. The molecular weight excluding hydrogens is 360 g/mol. The Labute approximate surface area is 148 Å². The fourth-order valence-electron chi connectivity index (χ4n) is 1.46. The second-order valence-corrected chi connectivity index (χ2v) is 6.55. The molecule has 0 unspecified atom stereocenters. The molecule has 0 aliphatic carbocycles. The van der Waals surface area contributed by atoms with Gasteiger partial charge in [0.05, 0.1) is 49.4 Å². The van der Waals surface area contributed by atoms with E-state index in [1.54, 1.807) is 0 Å². The average molecular weight is 380 g/mol. The van der Waals surface area contributed by atoms with E-state index in [9.17, 15) is 19.2 Å². The molecule has 0 radical (unpaired) electrons. The Morgan fingerprint density at radius 2 is 0.750 bits per heavy atom. The summed E-state index contributed by atoms with van der Waals surface area (Å²) in [5.41, 5.74) is 0. The lowest BCUT2D eigenvalue weighted by atomic mass is 10.5. The van der Waals surface area contributed by atoms with E-state index in [2.05, 4.69) is 0 Å². The molecule has 1 rings (SSSR count). The van der Waals surface area contributed by atoms with E-state index in [4.69, 9.17) is 18.9 Å². The van der Waals surface area contributed by atoms with Crippen LogP contribution in [0.15, 0.2) is 0 Å². The Hall–Kier alpha value is -1.42. The molecular formula is C14H20O8S2. The Balaban J connectivity index is 2.34. The predicted octanol–water partition coefficient (Wildman–Crippen LogP) is 0.419. The van der Waals surface area contributed by atoms with Crippen molar-refractivity contribution in [3.63, 3.8) is 0 Å². The van der Waals surface area contributed by atoms with E-state index in [-0.39, 0.29) is 49.4 Å². The number of esters is 4. The molecule has 0 spiro atoms. The maximum absolute atomic E-state index is 11.4. The van der Waals surface area contributed by atoms with Crippen molar-refractivity contribution in [2.24, 2.45) is 0 Å². The third kappa shape index (κ3) is 11.2. The number of carbonyl (C=O) groups excluding carboxylic acids is 4. The molecule has 1 heterocycles. The number of thioether (sulfide) groups is 2. The summed E-state index contributed by atoms with van der Waals surface area (Å²) in [5, 5.41) is 0. The van der Waals surface area contributed by atoms with E-state index in [1.807, 2.05) is 0 Å². The fourth-order valence-corrected chi connectivity index (χ4v) is 2.67. The minimum absolute atomic E-state index is 0.0448. The summed E-state index contributed by atoms with van der Waals surface area (Å²) < 4.78 is 19.8. The zero-order valence-electron chi connectivity index (χ0n) is 13.2. The lowest BCUT2D eigenvalue weighted by Crippen LogP contribution is -2.17. The van der Waals surface area contributed by atoms with Crippen LogP contribution in [-0.2, 0) is 38.1 Å². The van der Waals surface area contributed by atoms with Crippen molar-refractivity contribution >= 4 is 47.4 Å². The van der Waals surface area contributed by atoms with Gasteiger partial charge in [0.1, 0.15) is 0 Å². The molecule has 0 amide bonds. The van der Waals surface area contributed by atoms with Gasteiger partial charge < -0.3 is 18.9 Å². The minimum atomic E-state index is -0.434. The quantitative estimate of drug-likeness (QED) is 0.433. The molecule has 1 aliphatic heterocycles. The molecule has 1 aliphatic rings. The highest BCUT2D eigenvalue weighted by Gasteiger charge is 2.10. The fraction of sp³-hybridized carbons (Fsp3) is 0.714. The number of hydrogen-bond donors (Lipinski definition) is 0. The summed E-state index contributed by atoms with van der Waals surface area (Å²) in [6.45, 7) is 0.542. The van der Waals surface area contributed by atoms with Crippen LogP contribution >= 0.6 is 23.5 Å². The first-order valence-corrected chi connectivity index (χ1v) is 9.67. The summed E-state index contributed by atoms with van der Waals surface area (Å²) >= 11 is 2.19. The Bertz CT molecular complexity index is 364. The molecule has 0 saturated carbocycles. The first kappa shape index (κ1) is 20.6. The van der Waals surface area contributed by atoms with Crippen LogP contribution in [0.25, 0.3) is 0 Å². The lowest BCUT2D eigenvalue weighted by Gasteiger charge is -2.08. The molecule has 0 aromatic heterocycles. The van der Waals surface area contributed by atoms with Gasteiger partial charge in [-0.25, -0.2) is 0 Å². The molecule has 1 saturated heterocycles. The van der Waals surface area contributed by atoms with Gasteiger partial charge in [0.2, 0.25) is 0 Å². The molecule has 0 aromatic carbocycles. The first-order valence-electron chi connectivity index (χ1n) is 7.36. The highest BCUT2D eigenvalue weighted by Crippen LogP contribution is 2.05. The predicted molar refractivity (Wildman–Crippen MR) is 87.7 cm³/mol. The van der Waals surface area contributed by atoms with Crippen molar-refractivity contribution in [2.75, 3.05) is 49.4 Å². The molecule has 0 aromatic rings. The van der Waals surface area contributed by atoms with Gasteiger partial charge in [-0.2, -0.15) is 0 Å².